The van der Waals surface area contributed by atoms with Crippen molar-refractivity contribution in [2.45, 2.75) is 38.5 Å². The molecule has 2 saturated carbocycles. The molecule has 1 aromatic carbocycles. The van der Waals surface area contributed by atoms with E-state index in [9.17, 15) is 9.59 Å². The SMILES string of the molecule is C[C@H]1C[C@H]1C(=O)NCCC(=O)Nc1ccc2nc(C3CC3)sc2c1. The topological polar surface area (TPSA) is 71.1 Å². The maximum Gasteiger partial charge on any atom is 0.226 e. The summed E-state index contributed by atoms with van der Waals surface area (Å²) in [6, 6.07) is 5.84. The van der Waals surface area contributed by atoms with Crippen molar-refractivity contribution < 1.29 is 9.59 Å². The second kappa shape index (κ2) is 6.16. The Hall–Kier alpha value is -1.95. The number of hydrogen-bond donors (Lipinski definition) is 2. The number of rotatable bonds is 6. The summed E-state index contributed by atoms with van der Waals surface area (Å²) in [5.74, 6) is 1.30. The van der Waals surface area contributed by atoms with E-state index in [1.54, 1.807) is 11.3 Å². The van der Waals surface area contributed by atoms with Gasteiger partial charge in [-0.3, -0.25) is 9.59 Å². The third kappa shape index (κ3) is 3.43. The van der Waals surface area contributed by atoms with Gasteiger partial charge in [0, 0.05) is 30.5 Å². The van der Waals surface area contributed by atoms with E-state index in [1.807, 2.05) is 18.2 Å². The number of nitrogens with zero attached hydrogens (tertiary/aromatic N) is 1. The van der Waals surface area contributed by atoms with Gasteiger partial charge in [-0.25, -0.2) is 4.98 Å². The van der Waals surface area contributed by atoms with E-state index < -0.39 is 0 Å². The molecule has 6 heteroatoms. The zero-order valence-electron chi connectivity index (χ0n) is 13.7. The van der Waals surface area contributed by atoms with Crippen molar-refractivity contribution in [1.29, 1.82) is 0 Å². The van der Waals surface area contributed by atoms with Crippen molar-refractivity contribution in [1.82, 2.24) is 10.3 Å². The largest absolute Gasteiger partial charge is 0.355 e. The first-order chi connectivity index (χ1) is 11.6. The molecule has 4 rings (SSSR count). The zero-order chi connectivity index (χ0) is 16.7. The molecule has 0 bridgehead atoms. The summed E-state index contributed by atoms with van der Waals surface area (Å²) in [4.78, 5) is 28.4. The van der Waals surface area contributed by atoms with Gasteiger partial charge in [-0.1, -0.05) is 6.92 Å². The number of aromatic nitrogens is 1. The summed E-state index contributed by atoms with van der Waals surface area (Å²) in [5.41, 5.74) is 1.80. The molecular formula is C18H21N3O2S. The first-order valence-electron chi connectivity index (χ1n) is 8.58. The average molecular weight is 343 g/mol. The van der Waals surface area contributed by atoms with E-state index in [-0.39, 0.29) is 17.7 Å². The fourth-order valence-corrected chi connectivity index (χ4v) is 4.04. The number of hydrogen-bond acceptors (Lipinski definition) is 4. The summed E-state index contributed by atoms with van der Waals surface area (Å²) in [5, 5.41) is 6.95. The first kappa shape index (κ1) is 15.6. The van der Waals surface area contributed by atoms with Crippen molar-refractivity contribution >= 4 is 39.1 Å². The Balaban J connectivity index is 1.30. The molecule has 2 fully saturated rings. The highest BCUT2D eigenvalue weighted by Crippen LogP contribution is 2.43. The van der Waals surface area contributed by atoms with E-state index in [0.29, 0.717) is 24.8 Å². The van der Waals surface area contributed by atoms with Crippen LogP contribution in [0, 0.1) is 11.8 Å². The zero-order valence-corrected chi connectivity index (χ0v) is 14.5. The lowest BCUT2D eigenvalue weighted by Gasteiger charge is -2.06. The highest BCUT2D eigenvalue weighted by molar-refractivity contribution is 7.18. The molecule has 0 radical (unpaired) electrons. The van der Waals surface area contributed by atoms with Gasteiger partial charge in [-0.2, -0.15) is 0 Å². The Bertz CT molecular complexity index is 797. The van der Waals surface area contributed by atoms with Crippen LogP contribution in [0.15, 0.2) is 18.2 Å². The van der Waals surface area contributed by atoms with Gasteiger partial charge in [0.05, 0.1) is 15.2 Å². The fourth-order valence-electron chi connectivity index (χ4n) is 2.87. The molecule has 1 aromatic heterocycles. The van der Waals surface area contributed by atoms with Crippen molar-refractivity contribution in [2.75, 3.05) is 11.9 Å². The Kier molecular flexibility index (Phi) is 4.00. The molecule has 0 spiro atoms. The van der Waals surface area contributed by atoms with Crippen LogP contribution < -0.4 is 10.6 Å². The summed E-state index contributed by atoms with van der Waals surface area (Å²) in [7, 11) is 0. The van der Waals surface area contributed by atoms with Crippen molar-refractivity contribution in [2.24, 2.45) is 11.8 Å². The second-order valence-electron chi connectivity index (χ2n) is 6.92. The van der Waals surface area contributed by atoms with Crippen molar-refractivity contribution in [3.8, 4) is 0 Å². The molecule has 2 N–H and O–H groups in total. The maximum atomic E-state index is 12.0. The minimum atomic E-state index is -0.0783. The minimum absolute atomic E-state index is 0.0778. The molecule has 2 aliphatic carbocycles. The summed E-state index contributed by atoms with van der Waals surface area (Å²) >= 11 is 1.72. The number of carbonyl (C=O) groups is 2. The molecule has 126 valence electrons. The van der Waals surface area contributed by atoms with Crippen molar-refractivity contribution in [3.63, 3.8) is 0 Å². The molecule has 1 heterocycles. The molecule has 2 aromatic rings. The highest BCUT2D eigenvalue weighted by atomic mass is 32.1. The summed E-state index contributed by atoms with van der Waals surface area (Å²) < 4.78 is 1.12. The summed E-state index contributed by atoms with van der Waals surface area (Å²) in [6.45, 7) is 2.46. The molecule has 0 unspecified atom stereocenters. The third-order valence-electron chi connectivity index (χ3n) is 4.71. The number of anilines is 1. The van der Waals surface area contributed by atoms with Gasteiger partial charge in [0.2, 0.25) is 11.8 Å². The van der Waals surface area contributed by atoms with E-state index in [2.05, 4.69) is 22.5 Å². The van der Waals surface area contributed by atoms with Gasteiger partial charge in [0.1, 0.15) is 0 Å². The van der Waals surface area contributed by atoms with Crippen LogP contribution in [0.3, 0.4) is 0 Å². The molecule has 0 aliphatic heterocycles. The van der Waals surface area contributed by atoms with Crippen LogP contribution in [0.4, 0.5) is 5.69 Å². The van der Waals surface area contributed by atoms with Crippen molar-refractivity contribution in [3.05, 3.63) is 23.2 Å². The van der Waals surface area contributed by atoms with Crippen LogP contribution >= 0.6 is 11.3 Å². The molecule has 2 aliphatic rings. The number of amides is 2. The van der Waals surface area contributed by atoms with E-state index in [0.717, 1.165) is 22.3 Å². The molecular weight excluding hydrogens is 322 g/mol. The Morgan fingerprint density at radius 3 is 2.83 bits per heavy atom. The van der Waals surface area contributed by atoms with Crippen LogP contribution in [-0.4, -0.2) is 23.3 Å². The smallest absolute Gasteiger partial charge is 0.226 e. The number of fused-ring (bicyclic) bond motifs is 1. The van der Waals surface area contributed by atoms with Gasteiger partial charge >= 0.3 is 0 Å². The number of benzene rings is 1. The summed E-state index contributed by atoms with van der Waals surface area (Å²) in [6.07, 6.45) is 3.75. The van der Waals surface area contributed by atoms with Gasteiger partial charge in [0.25, 0.3) is 0 Å². The van der Waals surface area contributed by atoms with E-state index in [1.165, 1.54) is 17.8 Å². The van der Waals surface area contributed by atoms with E-state index in [4.69, 9.17) is 0 Å². The van der Waals surface area contributed by atoms with Gasteiger partial charge in [0.15, 0.2) is 0 Å². The maximum absolute atomic E-state index is 12.0. The highest BCUT2D eigenvalue weighted by Gasteiger charge is 2.38. The lowest BCUT2D eigenvalue weighted by Crippen LogP contribution is -2.29. The lowest BCUT2D eigenvalue weighted by molar-refractivity contribution is -0.122. The first-order valence-corrected chi connectivity index (χ1v) is 9.40. The third-order valence-corrected chi connectivity index (χ3v) is 5.89. The van der Waals surface area contributed by atoms with Crippen LogP contribution in [0.5, 0.6) is 0 Å². The monoisotopic (exact) mass is 343 g/mol. The quantitative estimate of drug-likeness (QED) is 0.845. The number of nitrogens with one attached hydrogen (secondary N) is 2. The molecule has 0 saturated heterocycles. The molecule has 5 nitrogen and oxygen atoms in total. The Labute approximate surface area is 144 Å². The van der Waals surface area contributed by atoms with Crippen LogP contribution in [0.1, 0.15) is 43.5 Å². The van der Waals surface area contributed by atoms with Gasteiger partial charge < -0.3 is 10.6 Å². The van der Waals surface area contributed by atoms with E-state index >= 15 is 0 Å². The number of carbonyl (C=O) groups excluding carboxylic acids is 2. The average Bonchev–Trinajstić information content (AvgIpc) is 3.46. The number of thiazole rings is 1. The fraction of sp³-hybridized carbons (Fsp3) is 0.500. The predicted octanol–water partition coefficient (Wildman–Crippen LogP) is 3.27. The predicted molar refractivity (Wildman–Crippen MR) is 95.1 cm³/mol. The normalized spacial score (nSPS) is 22.4. The van der Waals surface area contributed by atoms with Crippen LogP contribution in [0.2, 0.25) is 0 Å². The van der Waals surface area contributed by atoms with Gasteiger partial charge in [-0.15, -0.1) is 11.3 Å². The molecule has 24 heavy (non-hydrogen) atoms. The van der Waals surface area contributed by atoms with Crippen LogP contribution in [0.25, 0.3) is 10.2 Å². The lowest BCUT2D eigenvalue weighted by atomic mass is 10.2. The van der Waals surface area contributed by atoms with Gasteiger partial charge in [-0.05, 0) is 43.4 Å². The molecule has 2 atom stereocenters. The second-order valence-corrected chi connectivity index (χ2v) is 7.98. The molecule has 2 amide bonds. The Morgan fingerprint density at radius 2 is 2.12 bits per heavy atom. The standard InChI is InChI=1S/C18H21N3O2S/c1-10-8-13(10)17(23)19-7-6-16(22)20-12-4-5-14-15(9-12)24-18(21-14)11-2-3-11/h4-5,9-11,13H,2-3,6-8H2,1H3,(H,19,23)(H,20,22)/t10-,13+/m0/s1. The minimum Gasteiger partial charge on any atom is -0.355 e. The van der Waals surface area contributed by atoms with Crippen LogP contribution in [-0.2, 0) is 9.59 Å². The Morgan fingerprint density at radius 1 is 1.33 bits per heavy atom.